The highest BCUT2D eigenvalue weighted by molar-refractivity contribution is 7.89. The lowest BCUT2D eigenvalue weighted by atomic mass is 10.2. The molecule has 0 fully saturated rings. The number of hydrogen-bond acceptors (Lipinski definition) is 6. The van der Waals surface area contributed by atoms with Crippen molar-refractivity contribution in [1.29, 1.82) is 0 Å². The van der Waals surface area contributed by atoms with Crippen LogP contribution in [-0.4, -0.2) is 36.3 Å². The standard InChI is InChI=1S/C23H21ClN4O5S/c1-17-6-12-21(13-7-17)34(32,33)27(15-18-8-10-20(24)11-9-18)16-23(29)26-25-14-19-4-2-3-5-22(19)28(30)31/h2-14H,15-16H2,1H3,(H,26,29)/b25-14+. The molecule has 11 heteroatoms. The zero-order valence-corrected chi connectivity index (χ0v) is 19.7. The number of hydrogen-bond donors (Lipinski definition) is 1. The highest BCUT2D eigenvalue weighted by atomic mass is 35.5. The summed E-state index contributed by atoms with van der Waals surface area (Å²) in [6.45, 7) is 1.24. The molecule has 0 spiro atoms. The lowest BCUT2D eigenvalue weighted by molar-refractivity contribution is -0.385. The number of benzene rings is 3. The van der Waals surface area contributed by atoms with Crippen molar-refractivity contribution in [3.05, 3.63) is 105 Å². The van der Waals surface area contributed by atoms with E-state index in [1.807, 2.05) is 6.92 Å². The van der Waals surface area contributed by atoms with Crippen LogP contribution >= 0.6 is 11.6 Å². The topological polar surface area (TPSA) is 122 Å². The van der Waals surface area contributed by atoms with Crippen LogP contribution in [-0.2, 0) is 21.4 Å². The molecule has 0 unspecified atom stereocenters. The van der Waals surface area contributed by atoms with Crippen LogP contribution in [0.2, 0.25) is 5.02 Å². The summed E-state index contributed by atoms with van der Waals surface area (Å²) in [7, 11) is -4.02. The molecule has 0 aromatic heterocycles. The van der Waals surface area contributed by atoms with Crippen molar-refractivity contribution in [2.24, 2.45) is 5.10 Å². The maximum absolute atomic E-state index is 13.3. The van der Waals surface area contributed by atoms with Crippen LogP contribution in [0.25, 0.3) is 0 Å². The maximum atomic E-state index is 13.3. The van der Waals surface area contributed by atoms with E-state index in [1.165, 1.54) is 30.3 Å². The van der Waals surface area contributed by atoms with Gasteiger partial charge in [-0.15, -0.1) is 0 Å². The minimum absolute atomic E-state index is 0.0447. The van der Waals surface area contributed by atoms with Gasteiger partial charge in [-0.05, 0) is 42.8 Å². The molecule has 1 amide bonds. The van der Waals surface area contributed by atoms with E-state index in [4.69, 9.17) is 11.6 Å². The third-order valence-corrected chi connectivity index (χ3v) is 6.84. The van der Waals surface area contributed by atoms with Gasteiger partial charge in [-0.3, -0.25) is 14.9 Å². The number of carbonyl (C=O) groups excluding carboxylic acids is 1. The maximum Gasteiger partial charge on any atom is 0.278 e. The van der Waals surface area contributed by atoms with Crippen molar-refractivity contribution >= 4 is 39.4 Å². The largest absolute Gasteiger partial charge is 0.278 e. The summed E-state index contributed by atoms with van der Waals surface area (Å²) in [4.78, 5) is 23.1. The first-order valence-corrected chi connectivity index (χ1v) is 11.9. The molecule has 0 heterocycles. The molecule has 34 heavy (non-hydrogen) atoms. The van der Waals surface area contributed by atoms with E-state index in [0.717, 1.165) is 16.1 Å². The Morgan fingerprint density at radius 1 is 1.09 bits per heavy atom. The molecule has 3 aromatic carbocycles. The van der Waals surface area contributed by atoms with Crippen molar-refractivity contribution in [2.45, 2.75) is 18.4 Å². The fraction of sp³-hybridized carbons (Fsp3) is 0.130. The minimum atomic E-state index is -4.02. The summed E-state index contributed by atoms with van der Waals surface area (Å²) in [5.41, 5.74) is 3.78. The lowest BCUT2D eigenvalue weighted by Crippen LogP contribution is -2.39. The fourth-order valence-corrected chi connectivity index (χ4v) is 4.52. The van der Waals surface area contributed by atoms with Gasteiger partial charge in [0.1, 0.15) is 0 Å². The zero-order valence-electron chi connectivity index (χ0n) is 18.1. The number of hydrazone groups is 1. The SMILES string of the molecule is Cc1ccc(S(=O)(=O)N(CC(=O)N/N=C/c2ccccc2[N+](=O)[O-])Cc2ccc(Cl)cc2)cc1. The van der Waals surface area contributed by atoms with E-state index in [2.05, 4.69) is 10.5 Å². The van der Waals surface area contributed by atoms with E-state index in [0.29, 0.717) is 10.6 Å². The molecule has 0 atom stereocenters. The van der Waals surface area contributed by atoms with Gasteiger partial charge in [-0.2, -0.15) is 9.41 Å². The van der Waals surface area contributed by atoms with Crippen LogP contribution < -0.4 is 5.43 Å². The van der Waals surface area contributed by atoms with Crippen LogP contribution in [0.3, 0.4) is 0 Å². The fourth-order valence-electron chi connectivity index (χ4n) is 3.01. The van der Waals surface area contributed by atoms with Crippen molar-refractivity contribution < 1.29 is 18.1 Å². The number of aryl methyl sites for hydroxylation is 1. The van der Waals surface area contributed by atoms with E-state index in [1.54, 1.807) is 42.5 Å². The average molecular weight is 501 g/mol. The average Bonchev–Trinajstić information content (AvgIpc) is 2.80. The predicted octanol–water partition coefficient (Wildman–Crippen LogP) is 3.90. The van der Waals surface area contributed by atoms with E-state index in [-0.39, 0.29) is 22.7 Å². The Morgan fingerprint density at radius 3 is 2.38 bits per heavy atom. The second-order valence-corrected chi connectivity index (χ2v) is 9.70. The first kappa shape index (κ1) is 25.0. The molecule has 3 aromatic rings. The number of carbonyl (C=O) groups is 1. The monoisotopic (exact) mass is 500 g/mol. The summed E-state index contributed by atoms with van der Waals surface area (Å²) >= 11 is 5.92. The molecule has 176 valence electrons. The van der Waals surface area contributed by atoms with E-state index < -0.39 is 27.4 Å². The normalized spacial score (nSPS) is 11.6. The molecule has 3 rings (SSSR count). The molecular weight excluding hydrogens is 480 g/mol. The molecule has 0 aliphatic rings. The number of para-hydroxylation sites is 1. The smallest absolute Gasteiger partial charge is 0.272 e. The second kappa shape index (κ2) is 11.0. The number of nitrogens with zero attached hydrogens (tertiary/aromatic N) is 3. The van der Waals surface area contributed by atoms with Gasteiger partial charge in [0.05, 0.1) is 28.1 Å². The summed E-state index contributed by atoms with van der Waals surface area (Å²) in [6.07, 6.45) is 1.13. The van der Waals surface area contributed by atoms with Crippen LogP contribution in [0, 0.1) is 17.0 Å². The Balaban J connectivity index is 1.80. The van der Waals surface area contributed by atoms with Crippen molar-refractivity contribution in [1.82, 2.24) is 9.73 Å². The molecule has 0 aliphatic carbocycles. The Bertz CT molecular complexity index is 1310. The zero-order chi connectivity index (χ0) is 24.7. The van der Waals surface area contributed by atoms with Crippen molar-refractivity contribution in [2.75, 3.05) is 6.54 Å². The third kappa shape index (κ3) is 6.47. The van der Waals surface area contributed by atoms with Crippen LogP contribution in [0.15, 0.2) is 82.8 Å². The first-order chi connectivity index (χ1) is 16.2. The molecule has 0 saturated heterocycles. The highest BCUT2D eigenvalue weighted by Gasteiger charge is 2.27. The van der Waals surface area contributed by atoms with Gasteiger partial charge in [-0.25, -0.2) is 13.8 Å². The molecule has 0 aliphatic heterocycles. The number of nitro groups is 1. The van der Waals surface area contributed by atoms with Crippen LogP contribution in [0.4, 0.5) is 5.69 Å². The predicted molar refractivity (Wildman–Crippen MR) is 129 cm³/mol. The number of nitrogens with one attached hydrogen (secondary N) is 1. The Labute approximate surface area is 201 Å². The van der Waals surface area contributed by atoms with E-state index in [9.17, 15) is 23.3 Å². The molecule has 1 N–H and O–H groups in total. The third-order valence-electron chi connectivity index (χ3n) is 4.78. The summed E-state index contributed by atoms with van der Waals surface area (Å²) in [5.74, 6) is -0.709. The summed E-state index contributed by atoms with van der Waals surface area (Å²) in [5, 5.41) is 15.4. The number of nitro benzene ring substituents is 1. The van der Waals surface area contributed by atoms with Gasteiger partial charge >= 0.3 is 0 Å². The molecule has 0 saturated carbocycles. The van der Waals surface area contributed by atoms with Gasteiger partial charge in [0.2, 0.25) is 10.0 Å². The lowest BCUT2D eigenvalue weighted by Gasteiger charge is -2.21. The molecular formula is C23H21ClN4O5S. The first-order valence-electron chi connectivity index (χ1n) is 10.0. The van der Waals surface area contributed by atoms with Gasteiger partial charge in [0.25, 0.3) is 11.6 Å². The highest BCUT2D eigenvalue weighted by Crippen LogP contribution is 2.20. The van der Waals surface area contributed by atoms with Crippen molar-refractivity contribution in [3.63, 3.8) is 0 Å². The number of amides is 1. The molecule has 9 nitrogen and oxygen atoms in total. The summed E-state index contributed by atoms with van der Waals surface area (Å²) < 4.78 is 27.6. The van der Waals surface area contributed by atoms with Crippen LogP contribution in [0.1, 0.15) is 16.7 Å². The van der Waals surface area contributed by atoms with Gasteiger partial charge in [-0.1, -0.05) is 53.6 Å². The Hall–Kier alpha value is -3.60. The number of halogens is 1. The Kier molecular flexibility index (Phi) is 8.11. The van der Waals surface area contributed by atoms with Gasteiger partial charge < -0.3 is 0 Å². The second-order valence-electron chi connectivity index (χ2n) is 7.32. The van der Waals surface area contributed by atoms with Crippen molar-refractivity contribution in [3.8, 4) is 0 Å². The van der Waals surface area contributed by atoms with E-state index >= 15 is 0 Å². The van der Waals surface area contributed by atoms with Crippen LogP contribution in [0.5, 0.6) is 0 Å². The van der Waals surface area contributed by atoms with Gasteiger partial charge in [0.15, 0.2) is 0 Å². The minimum Gasteiger partial charge on any atom is -0.272 e. The quantitative estimate of drug-likeness (QED) is 0.271. The summed E-state index contributed by atoms with van der Waals surface area (Å²) in [6, 6.07) is 18.8. The molecule has 0 bridgehead atoms. The Morgan fingerprint density at radius 2 is 1.74 bits per heavy atom. The number of rotatable bonds is 9. The molecule has 0 radical (unpaired) electrons. The van der Waals surface area contributed by atoms with Gasteiger partial charge in [0, 0.05) is 17.6 Å². The number of sulfonamides is 1.